The molecule has 8 nitrogen and oxygen atoms in total. The number of unbranched alkanes of at least 4 members (excludes halogenated alkanes) is 7. The van der Waals surface area contributed by atoms with E-state index in [0.29, 0.717) is 13.1 Å². The molecule has 0 aliphatic carbocycles. The summed E-state index contributed by atoms with van der Waals surface area (Å²) in [4.78, 5) is 43.4. The first kappa shape index (κ1) is 37.6. The molecule has 0 bridgehead atoms. The molecular weight excluding hydrogens is 566 g/mol. The molecule has 2 atom stereocenters. The van der Waals surface area contributed by atoms with Gasteiger partial charge in [0.2, 0.25) is 11.8 Å². The highest BCUT2D eigenvalue weighted by Gasteiger charge is 2.36. The van der Waals surface area contributed by atoms with Gasteiger partial charge in [0.15, 0.2) is 0 Å². The van der Waals surface area contributed by atoms with Gasteiger partial charge in [-0.15, -0.1) is 0 Å². The lowest BCUT2D eigenvalue weighted by atomic mass is 9.97. The predicted molar refractivity (Wildman–Crippen MR) is 181 cm³/mol. The van der Waals surface area contributed by atoms with Crippen molar-refractivity contribution in [1.29, 1.82) is 0 Å². The first-order valence-corrected chi connectivity index (χ1v) is 16.8. The number of carbonyl (C=O) groups excluding carboxylic acids is 3. The Bertz CT molecular complexity index is 1210. The fraction of sp³-hybridized carbons (Fsp3) is 0.595. The van der Waals surface area contributed by atoms with Gasteiger partial charge in [-0.25, -0.2) is 4.79 Å². The second-order valence-electron chi connectivity index (χ2n) is 13.1. The standard InChI is InChI=1S/C37H57N3O5/c1-8-10-12-13-14-16-24-40(33(34(42)38-23-15-11-9-2)30-20-17-27(3)28(4)25-30)35(43)32(39-36(44)45-37(5,6)7)26-29-18-21-31(41)22-19-29/h17-22,25,32-33,41H,8-16,23-24,26H2,1-7H3,(H,38,42)(H,39,44). The van der Waals surface area contributed by atoms with E-state index in [1.54, 1.807) is 49.9 Å². The fourth-order valence-electron chi connectivity index (χ4n) is 5.24. The molecule has 2 aromatic carbocycles. The number of carbonyl (C=O) groups is 3. The Morgan fingerprint density at radius 2 is 1.47 bits per heavy atom. The molecule has 45 heavy (non-hydrogen) atoms. The third-order valence-electron chi connectivity index (χ3n) is 7.89. The van der Waals surface area contributed by atoms with Gasteiger partial charge in [-0.3, -0.25) is 9.59 Å². The number of hydrogen-bond donors (Lipinski definition) is 3. The van der Waals surface area contributed by atoms with Crippen molar-refractivity contribution in [1.82, 2.24) is 15.5 Å². The van der Waals surface area contributed by atoms with Crippen LogP contribution in [-0.2, 0) is 20.7 Å². The lowest BCUT2D eigenvalue weighted by Crippen LogP contribution is -2.54. The lowest BCUT2D eigenvalue weighted by Gasteiger charge is -2.35. The zero-order valence-electron chi connectivity index (χ0n) is 28.7. The topological polar surface area (TPSA) is 108 Å². The Hall–Kier alpha value is -3.55. The van der Waals surface area contributed by atoms with Crippen molar-refractivity contribution < 1.29 is 24.2 Å². The van der Waals surface area contributed by atoms with Crippen molar-refractivity contribution in [2.45, 2.75) is 130 Å². The largest absolute Gasteiger partial charge is 0.508 e. The van der Waals surface area contributed by atoms with Crippen LogP contribution >= 0.6 is 0 Å². The lowest BCUT2D eigenvalue weighted by molar-refractivity contribution is -0.142. The highest BCUT2D eigenvalue weighted by atomic mass is 16.6. The van der Waals surface area contributed by atoms with E-state index >= 15 is 0 Å². The van der Waals surface area contributed by atoms with Crippen LogP contribution in [0.5, 0.6) is 5.75 Å². The van der Waals surface area contributed by atoms with Crippen LogP contribution in [0.1, 0.15) is 121 Å². The molecule has 0 saturated carbocycles. The number of benzene rings is 2. The summed E-state index contributed by atoms with van der Waals surface area (Å²) < 4.78 is 5.55. The zero-order valence-corrected chi connectivity index (χ0v) is 28.7. The Morgan fingerprint density at radius 1 is 0.844 bits per heavy atom. The maximum Gasteiger partial charge on any atom is 0.408 e. The Morgan fingerprint density at radius 3 is 2.09 bits per heavy atom. The van der Waals surface area contributed by atoms with Gasteiger partial charge in [0, 0.05) is 19.5 Å². The molecule has 3 amide bonds. The van der Waals surface area contributed by atoms with Crippen LogP contribution in [0.3, 0.4) is 0 Å². The molecule has 0 heterocycles. The van der Waals surface area contributed by atoms with Crippen molar-refractivity contribution in [2.24, 2.45) is 0 Å². The minimum atomic E-state index is -0.994. The molecule has 3 N–H and O–H groups in total. The minimum absolute atomic E-state index is 0.112. The average Bonchev–Trinajstić information content (AvgIpc) is 2.97. The Kier molecular flexibility index (Phi) is 16.0. The fourth-order valence-corrected chi connectivity index (χ4v) is 5.24. The van der Waals surface area contributed by atoms with Crippen LogP contribution in [-0.4, -0.2) is 52.6 Å². The van der Waals surface area contributed by atoms with E-state index in [1.165, 1.54) is 6.42 Å². The maximum atomic E-state index is 14.7. The van der Waals surface area contributed by atoms with Crippen molar-refractivity contribution in [3.63, 3.8) is 0 Å². The van der Waals surface area contributed by atoms with E-state index in [0.717, 1.165) is 73.6 Å². The van der Waals surface area contributed by atoms with Crippen LogP contribution in [0, 0.1) is 13.8 Å². The van der Waals surface area contributed by atoms with Crippen molar-refractivity contribution in [3.05, 3.63) is 64.7 Å². The van der Waals surface area contributed by atoms with Crippen molar-refractivity contribution in [2.75, 3.05) is 13.1 Å². The van der Waals surface area contributed by atoms with Gasteiger partial charge in [0.05, 0.1) is 0 Å². The highest BCUT2D eigenvalue weighted by Crippen LogP contribution is 2.27. The molecule has 0 aliphatic heterocycles. The molecule has 250 valence electrons. The summed E-state index contributed by atoms with van der Waals surface area (Å²) in [7, 11) is 0. The molecular formula is C37H57N3O5. The summed E-state index contributed by atoms with van der Waals surface area (Å²) >= 11 is 0. The monoisotopic (exact) mass is 623 g/mol. The number of phenolic OH excluding ortho intramolecular Hbond substituents is 1. The molecule has 0 aromatic heterocycles. The van der Waals surface area contributed by atoms with E-state index < -0.39 is 23.8 Å². The first-order valence-electron chi connectivity index (χ1n) is 16.8. The molecule has 2 unspecified atom stereocenters. The van der Waals surface area contributed by atoms with Gasteiger partial charge in [-0.05, 0) is 81.8 Å². The molecule has 2 aromatic rings. The Labute approximate surface area is 271 Å². The molecule has 0 saturated heterocycles. The minimum Gasteiger partial charge on any atom is -0.508 e. The number of nitrogens with one attached hydrogen (secondary N) is 2. The SMILES string of the molecule is CCCCCCCCN(C(=O)C(Cc1ccc(O)cc1)NC(=O)OC(C)(C)C)C(C(=O)NCCCCC)c1ccc(C)c(C)c1. The number of alkyl carbamates (subject to hydrolysis) is 1. The number of amides is 3. The van der Waals surface area contributed by atoms with E-state index in [1.807, 2.05) is 32.0 Å². The summed E-state index contributed by atoms with van der Waals surface area (Å²) in [6.45, 7) is 14.5. The van der Waals surface area contributed by atoms with Gasteiger partial charge in [-0.2, -0.15) is 0 Å². The van der Waals surface area contributed by atoms with E-state index in [4.69, 9.17) is 4.74 Å². The van der Waals surface area contributed by atoms with Gasteiger partial charge in [0.25, 0.3) is 0 Å². The number of hydrogen-bond acceptors (Lipinski definition) is 5. The molecule has 0 fully saturated rings. The molecule has 0 aliphatic rings. The number of nitrogens with zero attached hydrogens (tertiary/aromatic N) is 1. The zero-order chi connectivity index (χ0) is 33.4. The number of aryl methyl sites for hydroxylation is 2. The average molecular weight is 624 g/mol. The van der Waals surface area contributed by atoms with Crippen molar-refractivity contribution in [3.8, 4) is 5.75 Å². The van der Waals surface area contributed by atoms with Crippen LogP contribution < -0.4 is 10.6 Å². The summed E-state index contributed by atoms with van der Waals surface area (Å²) in [6.07, 6.45) is 8.54. The second kappa shape index (κ2) is 19.1. The number of aromatic hydroxyl groups is 1. The smallest absolute Gasteiger partial charge is 0.408 e. The predicted octanol–water partition coefficient (Wildman–Crippen LogP) is 7.68. The van der Waals surface area contributed by atoms with E-state index in [9.17, 15) is 19.5 Å². The number of ether oxygens (including phenoxy) is 1. The Balaban J connectivity index is 2.54. The summed E-state index contributed by atoms with van der Waals surface area (Å²) in [5.41, 5.74) is 2.89. The van der Waals surface area contributed by atoms with Crippen LogP contribution in [0.15, 0.2) is 42.5 Å². The van der Waals surface area contributed by atoms with Gasteiger partial charge in [-0.1, -0.05) is 89.1 Å². The highest BCUT2D eigenvalue weighted by molar-refractivity contribution is 5.92. The summed E-state index contributed by atoms with van der Waals surface area (Å²) in [5.74, 6) is -0.468. The van der Waals surface area contributed by atoms with Gasteiger partial charge < -0.3 is 25.4 Å². The first-order chi connectivity index (χ1) is 21.4. The van der Waals surface area contributed by atoms with Gasteiger partial charge >= 0.3 is 6.09 Å². The van der Waals surface area contributed by atoms with Crippen LogP contribution in [0.2, 0.25) is 0 Å². The third-order valence-corrected chi connectivity index (χ3v) is 7.89. The quantitative estimate of drug-likeness (QED) is 0.148. The summed E-state index contributed by atoms with van der Waals surface area (Å²) in [6, 6.07) is 10.6. The van der Waals surface area contributed by atoms with E-state index in [2.05, 4.69) is 24.5 Å². The number of rotatable bonds is 18. The third kappa shape index (κ3) is 13.5. The summed E-state index contributed by atoms with van der Waals surface area (Å²) in [5, 5.41) is 15.7. The van der Waals surface area contributed by atoms with Crippen LogP contribution in [0.25, 0.3) is 0 Å². The van der Waals surface area contributed by atoms with E-state index in [-0.39, 0.29) is 24.0 Å². The molecule has 0 radical (unpaired) electrons. The number of phenols is 1. The second-order valence-corrected chi connectivity index (χ2v) is 13.1. The molecule has 2 rings (SSSR count). The van der Waals surface area contributed by atoms with Crippen LogP contribution in [0.4, 0.5) is 4.79 Å². The van der Waals surface area contributed by atoms with Crippen molar-refractivity contribution >= 4 is 17.9 Å². The normalized spacial score (nSPS) is 12.7. The van der Waals surface area contributed by atoms with Gasteiger partial charge in [0.1, 0.15) is 23.4 Å². The maximum absolute atomic E-state index is 14.7. The molecule has 0 spiro atoms. The molecule has 8 heteroatoms.